The zero-order valence-electron chi connectivity index (χ0n) is 11.5. The molecule has 100 valence electrons. The Balaban J connectivity index is 2.21. The molecule has 0 radical (unpaired) electrons. The molecule has 2 rings (SSSR count). The maximum atomic E-state index is 13.4. The molecule has 0 saturated carbocycles. The number of benzene rings is 2. The van der Waals surface area contributed by atoms with Gasteiger partial charge in [-0.05, 0) is 43.7 Å². The van der Waals surface area contributed by atoms with Crippen LogP contribution in [0.4, 0.5) is 4.39 Å². The van der Waals surface area contributed by atoms with Gasteiger partial charge in [0.15, 0.2) is 0 Å². The molecule has 1 unspecified atom stereocenters. The van der Waals surface area contributed by atoms with E-state index in [2.05, 4.69) is 36.5 Å². The van der Waals surface area contributed by atoms with Crippen LogP contribution in [0, 0.1) is 12.7 Å². The molecular weight excluding hydrogens is 237 g/mol. The van der Waals surface area contributed by atoms with Crippen molar-refractivity contribution in [2.24, 2.45) is 0 Å². The van der Waals surface area contributed by atoms with Crippen molar-refractivity contribution in [3.05, 3.63) is 71.0 Å². The Morgan fingerprint density at radius 3 is 2.58 bits per heavy atom. The molecule has 1 nitrogen and oxygen atoms in total. The summed E-state index contributed by atoms with van der Waals surface area (Å²) in [6, 6.07) is 15.4. The van der Waals surface area contributed by atoms with Gasteiger partial charge in [-0.15, -0.1) is 0 Å². The van der Waals surface area contributed by atoms with Gasteiger partial charge in [-0.3, -0.25) is 0 Å². The molecule has 0 aliphatic heterocycles. The number of rotatable bonds is 5. The summed E-state index contributed by atoms with van der Waals surface area (Å²) < 4.78 is 13.4. The number of hydrogen-bond acceptors (Lipinski definition) is 1. The summed E-state index contributed by atoms with van der Waals surface area (Å²) in [5, 5.41) is 3.20. The summed E-state index contributed by atoms with van der Waals surface area (Å²) in [7, 11) is 1.93. The Kier molecular flexibility index (Phi) is 4.69. The third kappa shape index (κ3) is 3.90. The van der Waals surface area contributed by atoms with Gasteiger partial charge < -0.3 is 5.32 Å². The maximum absolute atomic E-state index is 13.4. The van der Waals surface area contributed by atoms with Crippen molar-refractivity contribution in [1.82, 2.24) is 5.32 Å². The van der Waals surface area contributed by atoms with E-state index >= 15 is 0 Å². The van der Waals surface area contributed by atoms with Crippen molar-refractivity contribution in [1.29, 1.82) is 0 Å². The molecule has 0 bridgehead atoms. The molecule has 0 aromatic heterocycles. The second-order valence-electron chi connectivity index (χ2n) is 5.00. The first-order valence-electron chi connectivity index (χ1n) is 6.64. The van der Waals surface area contributed by atoms with E-state index in [0.29, 0.717) is 5.92 Å². The SMILES string of the molecule is CNCC(Cc1cccc(C)c1)c1cccc(F)c1. The quantitative estimate of drug-likeness (QED) is 0.861. The lowest BCUT2D eigenvalue weighted by Crippen LogP contribution is -2.19. The van der Waals surface area contributed by atoms with E-state index in [-0.39, 0.29) is 5.82 Å². The predicted octanol–water partition coefficient (Wildman–Crippen LogP) is 3.68. The zero-order chi connectivity index (χ0) is 13.7. The molecule has 19 heavy (non-hydrogen) atoms. The minimum atomic E-state index is -0.164. The Hall–Kier alpha value is -1.67. The van der Waals surface area contributed by atoms with E-state index in [1.165, 1.54) is 17.2 Å². The van der Waals surface area contributed by atoms with Gasteiger partial charge in [0.25, 0.3) is 0 Å². The third-order valence-electron chi connectivity index (χ3n) is 3.34. The van der Waals surface area contributed by atoms with Crippen LogP contribution in [-0.2, 0) is 6.42 Å². The highest BCUT2D eigenvalue weighted by Gasteiger charge is 2.12. The highest BCUT2D eigenvalue weighted by Crippen LogP contribution is 2.21. The van der Waals surface area contributed by atoms with Gasteiger partial charge in [0.05, 0.1) is 0 Å². The predicted molar refractivity (Wildman–Crippen MR) is 78.0 cm³/mol. The first-order valence-corrected chi connectivity index (χ1v) is 6.64. The van der Waals surface area contributed by atoms with Crippen LogP contribution < -0.4 is 5.32 Å². The van der Waals surface area contributed by atoms with Gasteiger partial charge in [-0.1, -0.05) is 42.0 Å². The Morgan fingerprint density at radius 2 is 1.89 bits per heavy atom. The molecule has 0 spiro atoms. The fourth-order valence-corrected chi connectivity index (χ4v) is 2.44. The summed E-state index contributed by atoms with van der Waals surface area (Å²) in [6.07, 6.45) is 0.923. The van der Waals surface area contributed by atoms with Crippen LogP contribution in [0.2, 0.25) is 0 Å². The standard InChI is InChI=1S/C17H20FN/c1-13-5-3-6-14(9-13)10-16(12-19-2)15-7-4-8-17(18)11-15/h3-9,11,16,19H,10,12H2,1-2H3. The van der Waals surface area contributed by atoms with Crippen molar-refractivity contribution >= 4 is 0 Å². The molecule has 2 heteroatoms. The number of aryl methyl sites for hydroxylation is 1. The van der Waals surface area contributed by atoms with Crippen LogP contribution in [0.15, 0.2) is 48.5 Å². The summed E-state index contributed by atoms with van der Waals surface area (Å²) in [5.74, 6) is 0.130. The molecule has 2 aromatic carbocycles. The van der Waals surface area contributed by atoms with Gasteiger partial charge in [-0.25, -0.2) is 4.39 Å². The van der Waals surface area contributed by atoms with Crippen molar-refractivity contribution in [3.8, 4) is 0 Å². The summed E-state index contributed by atoms with van der Waals surface area (Å²) in [5.41, 5.74) is 3.61. The van der Waals surface area contributed by atoms with Crippen molar-refractivity contribution < 1.29 is 4.39 Å². The second kappa shape index (κ2) is 6.48. The van der Waals surface area contributed by atoms with E-state index < -0.39 is 0 Å². The molecule has 0 fully saturated rings. The average Bonchev–Trinajstić information content (AvgIpc) is 2.38. The number of halogens is 1. The van der Waals surface area contributed by atoms with Gasteiger partial charge in [0, 0.05) is 12.5 Å². The number of likely N-dealkylation sites (N-methyl/N-ethyl adjacent to an activating group) is 1. The van der Waals surface area contributed by atoms with Gasteiger partial charge >= 0.3 is 0 Å². The minimum absolute atomic E-state index is 0.164. The molecule has 2 aromatic rings. The molecule has 0 aliphatic carbocycles. The second-order valence-corrected chi connectivity index (χ2v) is 5.00. The highest BCUT2D eigenvalue weighted by molar-refractivity contribution is 5.27. The summed E-state index contributed by atoms with van der Waals surface area (Å²) in [6.45, 7) is 2.94. The largest absolute Gasteiger partial charge is 0.319 e. The van der Waals surface area contributed by atoms with E-state index in [1.807, 2.05) is 13.1 Å². The van der Waals surface area contributed by atoms with Crippen LogP contribution in [-0.4, -0.2) is 13.6 Å². The molecule has 0 amide bonds. The molecule has 1 N–H and O–H groups in total. The van der Waals surface area contributed by atoms with Gasteiger partial charge in [-0.2, -0.15) is 0 Å². The lowest BCUT2D eigenvalue weighted by atomic mass is 9.91. The van der Waals surface area contributed by atoms with Crippen LogP contribution in [0.5, 0.6) is 0 Å². The average molecular weight is 257 g/mol. The smallest absolute Gasteiger partial charge is 0.123 e. The minimum Gasteiger partial charge on any atom is -0.319 e. The number of hydrogen-bond donors (Lipinski definition) is 1. The van der Waals surface area contributed by atoms with Gasteiger partial charge in [0.2, 0.25) is 0 Å². The Labute approximate surface area is 114 Å². The highest BCUT2D eigenvalue weighted by atomic mass is 19.1. The van der Waals surface area contributed by atoms with E-state index in [9.17, 15) is 4.39 Å². The third-order valence-corrected chi connectivity index (χ3v) is 3.34. The monoisotopic (exact) mass is 257 g/mol. The molecule has 1 atom stereocenters. The fraction of sp³-hybridized carbons (Fsp3) is 0.294. The fourth-order valence-electron chi connectivity index (χ4n) is 2.44. The maximum Gasteiger partial charge on any atom is 0.123 e. The molecule has 0 aliphatic rings. The van der Waals surface area contributed by atoms with Crippen molar-refractivity contribution in [2.75, 3.05) is 13.6 Å². The lowest BCUT2D eigenvalue weighted by Gasteiger charge is -2.17. The van der Waals surface area contributed by atoms with Gasteiger partial charge in [0.1, 0.15) is 5.82 Å². The van der Waals surface area contributed by atoms with Crippen LogP contribution in [0.25, 0.3) is 0 Å². The summed E-state index contributed by atoms with van der Waals surface area (Å²) in [4.78, 5) is 0. The molecule has 0 heterocycles. The van der Waals surface area contributed by atoms with Crippen LogP contribution in [0.3, 0.4) is 0 Å². The van der Waals surface area contributed by atoms with Crippen molar-refractivity contribution in [2.45, 2.75) is 19.3 Å². The molecular formula is C17H20FN. The van der Waals surface area contributed by atoms with E-state index in [4.69, 9.17) is 0 Å². The Morgan fingerprint density at radius 1 is 1.11 bits per heavy atom. The van der Waals surface area contributed by atoms with Crippen molar-refractivity contribution in [3.63, 3.8) is 0 Å². The topological polar surface area (TPSA) is 12.0 Å². The lowest BCUT2D eigenvalue weighted by molar-refractivity contribution is 0.600. The van der Waals surface area contributed by atoms with Crippen LogP contribution >= 0.6 is 0 Å². The number of nitrogens with one attached hydrogen (secondary N) is 1. The first-order chi connectivity index (χ1) is 9.19. The van der Waals surface area contributed by atoms with E-state index in [1.54, 1.807) is 12.1 Å². The first kappa shape index (κ1) is 13.8. The zero-order valence-corrected chi connectivity index (χ0v) is 11.5. The van der Waals surface area contributed by atoms with E-state index in [0.717, 1.165) is 18.5 Å². The summed E-state index contributed by atoms with van der Waals surface area (Å²) >= 11 is 0. The normalized spacial score (nSPS) is 12.4. The van der Waals surface area contributed by atoms with Crippen LogP contribution in [0.1, 0.15) is 22.6 Å². The molecule has 0 saturated heterocycles. The Bertz CT molecular complexity index is 536.